The van der Waals surface area contributed by atoms with Gasteiger partial charge in [0, 0.05) is 13.1 Å². The number of hydroxylamine groups is 2. The zero-order valence-electron chi connectivity index (χ0n) is 14.4. The summed E-state index contributed by atoms with van der Waals surface area (Å²) in [5, 5.41) is 10.6. The molecule has 0 aliphatic carbocycles. The van der Waals surface area contributed by atoms with E-state index in [2.05, 4.69) is 0 Å². The number of carbonyl (C=O) groups excluding carboxylic acids is 2. The maximum absolute atomic E-state index is 11.9. The second kappa shape index (κ2) is 6.73. The van der Waals surface area contributed by atoms with E-state index in [1.54, 1.807) is 25.7 Å². The molecule has 1 aliphatic heterocycles. The average Bonchev–Trinajstić information content (AvgIpc) is 2.34. The van der Waals surface area contributed by atoms with E-state index in [4.69, 9.17) is 9.47 Å². The fourth-order valence-corrected chi connectivity index (χ4v) is 2.08. The first-order chi connectivity index (χ1) is 9.89. The summed E-state index contributed by atoms with van der Waals surface area (Å²) in [4.78, 5) is 25.3. The Hall–Kier alpha value is -1.50. The van der Waals surface area contributed by atoms with Crippen LogP contribution in [0.5, 0.6) is 0 Å². The highest BCUT2D eigenvalue weighted by Gasteiger charge is 2.32. The Kier molecular flexibility index (Phi) is 5.67. The third kappa shape index (κ3) is 6.09. The highest BCUT2D eigenvalue weighted by Crippen LogP contribution is 2.20. The minimum Gasteiger partial charge on any atom is -0.444 e. The number of likely N-dealkylation sites (tertiary alicyclic amines) is 1. The van der Waals surface area contributed by atoms with Gasteiger partial charge in [0.25, 0.3) is 0 Å². The van der Waals surface area contributed by atoms with Crippen LogP contribution in [0.1, 0.15) is 54.4 Å². The van der Waals surface area contributed by atoms with E-state index in [-0.39, 0.29) is 12.1 Å². The van der Waals surface area contributed by atoms with Gasteiger partial charge in [-0.05, 0) is 54.4 Å². The molecule has 0 aromatic carbocycles. The Labute approximate surface area is 132 Å². The van der Waals surface area contributed by atoms with Gasteiger partial charge >= 0.3 is 12.2 Å². The minimum absolute atomic E-state index is 0.353. The van der Waals surface area contributed by atoms with Gasteiger partial charge in [-0.1, -0.05) is 0 Å². The van der Waals surface area contributed by atoms with Crippen molar-refractivity contribution in [1.29, 1.82) is 0 Å². The van der Waals surface area contributed by atoms with E-state index in [1.165, 1.54) is 0 Å². The molecule has 2 amide bonds. The molecule has 0 saturated carbocycles. The van der Waals surface area contributed by atoms with Gasteiger partial charge in [0.2, 0.25) is 0 Å². The summed E-state index contributed by atoms with van der Waals surface area (Å²) in [5.74, 6) is 0. The number of piperidine rings is 1. The van der Waals surface area contributed by atoms with Crippen LogP contribution in [-0.4, -0.2) is 57.7 Å². The molecule has 22 heavy (non-hydrogen) atoms. The summed E-state index contributed by atoms with van der Waals surface area (Å²) in [7, 11) is 0. The molecule has 128 valence electrons. The van der Waals surface area contributed by atoms with Gasteiger partial charge in [-0.15, -0.1) is 0 Å². The summed E-state index contributed by atoms with van der Waals surface area (Å²) in [6.45, 7) is 11.5. The van der Waals surface area contributed by atoms with Crippen molar-refractivity contribution >= 4 is 12.2 Å². The third-order valence-electron chi connectivity index (χ3n) is 3.04. The Morgan fingerprint density at radius 1 is 1.00 bits per heavy atom. The van der Waals surface area contributed by atoms with Crippen molar-refractivity contribution in [1.82, 2.24) is 9.96 Å². The van der Waals surface area contributed by atoms with E-state index in [1.807, 2.05) is 20.8 Å². The number of amides is 2. The van der Waals surface area contributed by atoms with Crippen LogP contribution in [-0.2, 0) is 9.47 Å². The Balaban J connectivity index is 2.48. The molecular formula is C15H28N2O5. The number of carbonyl (C=O) groups is 2. The first-order valence-electron chi connectivity index (χ1n) is 7.58. The molecule has 1 N–H and O–H groups in total. The number of ether oxygens (including phenoxy) is 2. The van der Waals surface area contributed by atoms with Crippen LogP contribution in [0.4, 0.5) is 9.59 Å². The topological polar surface area (TPSA) is 79.3 Å². The van der Waals surface area contributed by atoms with Crippen molar-refractivity contribution in [2.45, 2.75) is 71.6 Å². The van der Waals surface area contributed by atoms with Crippen LogP contribution in [0, 0.1) is 0 Å². The van der Waals surface area contributed by atoms with Crippen molar-refractivity contribution in [3.05, 3.63) is 0 Å². The van der Waals surface area contributed by atoms with E-state index >= 15 is 0 Å². The molecule has 0 spiro atoms. The van der Waals surface area contributed by atoms with E-state index in [0.717, 1.165) is 0 Å². The second-order valence-corrected chi connectivity index (χ2v) is 7.52. The smallest absolute Gasteiger partial charge is 0.434 e. The van der Waals surface area contributed by atoms with Crippen molar-refractivity contribution in [2.24, 2.45) is 0 Å². The predicted molar refractivity (Wildman–Crippen MR) is 80.7 cm³/mol. The summed E-state index contributed by atoms with van der Waals surface area (Å²) in [6, 6.07) is -0.353. The largest absolute Gasteiger partial charge is 0.444 e. The molecule has 1 heterocycles. The molecule has 7 heteroatoms. The summed E-state index contributed by atoms with van der Waals surface area (Å²) < 4.78 is 10.4. The maximum Gasteiger partial charge on any atom is 0.434 e. The van der Waals surface area contributed by atoms with Crippen LogP contribution >= 0.6 is 0 Å². The molecule has 0 aromatic heterocycles. The SMILES string of the molecule is CC(C)(C)OC(=O)N1CCC(N(O)C(=O)OC(C)(C)C)CC1. The van der Waals surface area contributed by atoms with Crippen molar-refractivity contribution < 1.29 is 24.3 Å². The number of nitrogens with zero attached hydrogens (tertiary/aromatic N) is 2. The quantitative estimate of drug-likeness (QED) is 0.594. The van der Waals surface area contributed by atoms with Gasteiger partial charge in [-0.2, -0.15) is 5.06 Å². The third-order valence-corrected chi connectivity index (χ3v) is 3.04. The van der Waals surface area contributed by atoms with E-state index < -0.39 is 17.3 Å². The standard InChI is InChI=1S/C15H28N2O5/c1-14(2,3)21-12(18)16-9-7-11(8-10-16)17(20)13(19)22-15(4,5)6/h11,20H,7-10H2,1-6H3. The highest BCUT2D eigenvalue weighted by atomic mass is 16.6. The number of rotatable bonds is 1. The Morgan fingerprint density at radius 3 is 1.86 bits per heavy atom. The lowest BCUT2D eigenvalue weighted by Gasteiger charge is -2.36. The van der Waals surface area contributed by atoms with E-state index in [0.29, 0.717) is 31.0 Å². The molecule has 1 fully saturated rings. The molecule has 7 nitrogen and oxygen atoms in total. The zero-order valence-corrected chi connectivity index (χ0v) is 14.4. The number of hydrogen-bond donors (Lipinski definition) is 1. The predicted octanol–water partition coefficient (Wildman–Crippen LogP) is 3.01. The van der Waals surface area contributed by atoms with Gasteiger partial charge < -0.3 is 14.4 Å². The summed E-state index contributed by atoms with van der Waals surface area (Å²) >= 11 is 0. The first-order valence-corrected chi connectivity index (χ1v) is 7.58. The van der Waals surface area contributed by atoms with Crippen molar-refractivity contribution in [3.63, 3.8) is 0 Å². The lowest BCUT2D eigenvalue weighted by Crippen LogP contribution is -2.49. The maximum atomic E-state index is 11.9. The molecule has 0 radical (unpaired) electrons. The lowest BCUT2D eigenvalue weighted by molar-refractivity contribution is -0.129. The normalized spacial score (nSPS) is 17.1. The van der Waals surface area contributed by atoms with Crippen LogP contribution in [0.25, 0.3) is 0 Å². The van der Waals surface area contributed by atoms with Crippen LogP contribution in [0.15, 0.2) is 0 Å². The van der Waals surface area contributed by atoms with Gasteiger partial charge in [0.15, 0.2) is 0 Å². The van der Waals surface area contributed by atoms with Gasteiger partial charge in [0.05, 0.1) is 6.04 Å². The zero-order chi connectivity index (χ0) is 17.1. The van der Waals surface area contributed by atoms with Gasteiger partial charge in [0.1, 0.15) is 11.2 Å². The number of hydrogen-bond acceptors (Lipinski definition) is 5. The minimum atomic E-state index is -0.761. The Morgan fingerprint density at radius 2 is 1.45 bits per heavy atom. The molecule has 1 rings (SSSR count). The molecule has 0 atom stereocenters. The van der Waals surface area contributed by atoms with Gasteiger partial charge in [-0.25, -0.2) is 9.59 Å². The highest BCUT2D eigenvalue weighted by molar-refractivity contribution is 5.69. The monoisotopic (exact) mass is 316 g/mol. The first kappa shape index (κ1) is 18.5. The Bertz CT molecular complexity index is 403. The molecule has 0 bridgehead atoms. The van der Waals surface area contributed by atoms with Crippen LogP contribution in [0.3, 0.4) is 0 Å². The molecule has 1 aliphatic rings. The van der Waals surface area contributed by atoms with Crippen LogP contribution in [0.2, 0.25) is 0 Å². The average molecular weight is 316 g/mol. The molecule has 0 unspecified atom stereocenters. The molecule has 0 aromatic rings. The van der Waals surface area contributed by atoms with Gasteiger partial charge in [-0.3, -0.25) is 5.21 Å². The molecular weight excluding hydrogens is 288 g/mol. The van der Waals surface area contributed by atoms with E-state index in [9.17, 15) is 14.8 Å². The fraction of sp³-hybridized carbons (Fsp3) is 0.867. The fourth-order valence-electron chi connectivity index (χ4n) is 2.08. The van der Waals surface area contributed by atoms with Crippen molar-refractivity contribution in [2.75, 3.05) is 13.1 Å². The lowest BCUT2D eigenvalue weighted by atomic mass is 10.1. The van der Waals surface area contributed by atoms with Crippen LogP contribution < -0.4 is 0 Å². The summed E-state index contributed by atoms with van der Waals surface area (Å²) in [6.07, 6.45) is -0.166. The summed E-state index contributed by atoms with van der Waals surface area (Å²) in [5.41, 5.74) is -1.19. The second-order valence-electron chi connectivity index (χ2n) is 7.52. The van der Waals surface area contributed by atoms with Crippen molar-refractivity contribution in [3.8, 4) is 0 Å². The molecule has 1 saturated heterocycles.